The topological polar surface area (TPSA) is 38.8 Å². The molecule has 1 aromatic rings. The number of hydrogen-bond acceptors (Lipinski definition) is 3. The molecule has 1 aromatic carbocycles. The Labute approximate surface area is 164 Å². The van der Waals surface area contributed by atoms with Crippen LogP contribution in [-0.4, -0.2) is 79.6 Å². The summed E-state index contributed by atoms with van der Waals surface area (Å²) in [6.45, 7) is 4.79. The van der Waals surface area contributed by atoms with Crippen molar-refractivity contribution in [3.8, 4) is 0 Å². The molecular formula is C22H34N4O. The second-order valence-electron chi connectivity index (χ2n) is 7.94. The van der Waals surface area contributed by atoms with Gasteiger partial charge in [0.25, 0.3) is 0 Å². The van der Waals surface area contributed by atoms with Gasteiger partial charge < -0.3 is 20.0 Å². The number of carbonyl (C=O) groups excluding carboxylic acids is 1. The summed E-state index contributed by atoms with van der Waals surface area (Å²) in [5.74, 6) is 0. The number of piperidine rings is 1. The van der Waals surface area contributed by atoms with E-state index in [1.54, 1.807) is 0 Å². The number of likely N-dealkylation sites (tertiary alicyclic amines) is 2. The van der Waals surface area contributed by atoms with Crippen molar-refractivity contribution in [2.75, 3.05) is 46.8 Å². The van der Waals surface area contributed by atoms with E-state index in [4.69, 9.17) is 0 Å². The van der Waals surface area contributed by atoms with Gasteiger partial charge in [0.05, 0.1) is 6.04 Å². The van der Waals surface area contributed by atoms with Crippen molar-refractivity contribution in [3.63, 3.8) is 0 Å². The van der Waals surface area contributed by atoms with Gasteiger partial charge in [-0.1, -0.05) is 42.5 Å². The molecule has 1 unspecified atom stereocenters. The first-order chi connectivity index (χ1) is 13.1. The van der Waals surface area contributed by atoms with Crippen LogP contribution < -0.4 is 5.32 Å². The molecule has 1 N–H and O–H groups in total. The number of nitrogens with zero attached hydrogens (tertiary/aromatic N) is 3. The molecule has 5 nitrogen and oxygen atoms in total. The van der Waals surface area contributed by atoms with Crippen molar-refractivity contribution in [2.24, 2.45) is 0 Å². The molecule has 2 fully saturated rings. The molecule has 2 aliphatic rings. The summed E-state index contributed by atoms with van der Waals surface area (Å²) in [6.07, 6.45) is 8.88. The highest BCUT2D eigenvalue weighted by molar-refractivity contribution is 5.75. The van der Waals surface area contributed by atoms with E-state index in [1.807, 2.05) is 23.1 Å². The maximum absolute atomic E-state index is 12.6. The zero-order valence-corrected chi connectivity index (χ0v) is 16.8. The van der Waals surface area contributed by atoms with Crippen molar-refractivity contribution in [2.45, 2.75) is 37.8 Å². The molecule has 2 amide bonds. The fourth-order valence-electron chi connectivity index (χ4n) is 4.11. The normalized spacial score (nSPS) is 22.0. The van der Waals surface area contributed by atoms with Gasteiger partial charge in [-0.25, -0.2) is 4.79 Å². The minimum Gasteiger partial charge on any atom is -0.337 e. The quantitative estimate of drug-likeness (QED) is 0.837. The van der Waals surface area contributed by atoms with E-state index >= 15 is 0 Å². The van der Waals surface area contributed by atoms with Gasteiger partial charge in [-0.2, -0.15) is 0 Å². The lowest BCUT2D eigenvalue weighted by molar-refractivity contribution is 0.144. The predicted molar refractivity (Wildman–Crippen MR) is 112 cm³/mol. The Morgan fingerprint density at radius 1 is 1.15 bits per heavy atom. The van der Waals surface area contributed by atoms with Gasteiger partial charge in [-0.05, 0) is 58.4 Å². The predicted octanol–water partition coefficient (Wildman–Crippen LogP) is 2.90. The largest absolute Gasteiger partial charge is 0.337 e. The lowest BCUT2D eigenvalue weighted by Gasteiger charge is -2.35. The highest BCUT2D eigenvalue weighted by Gasteiger charge is 2.27. The van der Waals surface area contributed by atoms with Crippen LogP contribution in [0.4, 0.5) is 4.79 Å². The van der Waals surface area contributed by atoms with E-state index in [0.29, 0.717) is 6.04 Å². The summed E-state index contributed by atoms with van der Waals surface area (Å²) < 4.78 is 0. The third-order valence-electron chi connectivity index (χ3n) is 5.86. The number of nitrogens with one attached hydrogen (secondary N) is 1. The minimum absolute atomic E-state index is 0.0818. The Kier molecular flexibility index (Phi) is 7.30. The maximum atomic E-state index is 12.6. The van der Waals surface area contributed by atoms with Crippen LogP contribution in [0.25, 0.3) is 6.08 Å². The molecule has 0 aromatic heterocycles. The van der Waals surface area contributed by atoms with E-state index in [0.717, 1.165) is 45.6 Å². The van der Waals surface area contributed by atoms with Crippen LogP contribution in [0.2, 0.25) is 0 Å². The second-order valence-corrected chi connectivity index (χ2v) is 7.94. The highest BCUT2D eigenvalue weighted by Crippen LogP contribution is 2.19. The molecule has 0 bridgehead atoms. The third kappa shape index (κ3) is 5.81. The van der Waals surface area contributed by atoms with Crippen LogP contribution in [0.3, 0.4) is 0 Å². The van der Waals surface area contributed by atoms with Crippen molar-refractivity contribution in [1.82, 2.24) is 20.0 Å². The molecule has 0 spiro atoms. The zero-order chi connectivity index (χ0) is 19.1. The molecule has 3 rings (SSSR count). The van der Waals surface area contributed by atoms with Crippen LogP contribution in [0.1, 0.15) is 31.2 Å². The first-order valence-electron chi connectivity index (χ1n) is 10.3. The summed E-state index contributed by atoms with van der Waals surface area (Å²) in [4.78, 5) is 19.4. The van der Waals surface area contributed by atoms with E-state index < -0.39 is 0 Å². The summed E-state index contributed by atoms with van der Waals surface area (Å²) in [7, 11) is 4.33. The van der Waals surface area contributed by atoms with Crippen LogP contribution in [-0.2, 0) is 0 Å². The number of rotatable bonds is 6. The van der Waals surface area contributed by atoms with Crippen LogP contribution >= 0.6 is 0 Å². The van der Waals surface area contributed by atoms with Gasteiger partial charge in [0.1, 0.15) is 0 Å². The fraction of sp³-hybridized carbons (Fsp3) is 0.591. The standard InChI is InChI=1S/C22H34N4O/c1-24(2)20-12-16-25(17-13-20)18-14-23-22(27)26-15-6-9-21(26)11-10-19-7-4-3-5-8-19/h3-5,7-8,10-11,20-21H,6,9,12-18H2,1-2H3,(H,23,27)/b11-10+. The lowest BCUT2D eigenvalue weighted by Crippen LogP contribution is -2.47. The first kappa shape index (κ1) is 19.9. The Balaban J connectivity index is 1.40. The monoisotopic (exact) mass is 370 g/mol. The van der Waals surface area contributed by atoms with Gasteiger partial charge in [0.15, 0.2) is 0 Å². The van der Waals surface area contributed by atoms with Crippen LogP contribution in [0.5, 0.6) is 0 Å². The number of carbonyl (C=O) groups is 1. The SMILES string of the molecule is CN(C)C1CCN(CCNC(=O)N2CCCC2/C=C/c2ccccc2)CC1. The highest BCUT2D eigenvalue weighted by atomic mass is 16.2. The van der Waals surface area contributed by atoms with E-state index in [9.17, 15) is 4.79 Å². The number of urea groups is 1. The molecule has 1 atom stereocenters. The fourth-order valence-corrected chi connectivity index (χ4v) is 4.11. The Bertz CT molecular complexity index is 608. The number of benzene rings is 1. The molecule has 148 valence electrons. The van der Waals surface area contributed by atoms with Gasteiger partial charge in [-0.15, -0.1) is 0 Å². The minimum atomic E-state index is 0.0818. The van der Waals surface area contributed by atoms with Gasteiger partial charge in [-0.3, -0.25) is 0 Å². The van der Waals surface area contributed by atoms with Gasteiger partial charge in [0, 0.05) is 25.7 Å². The summed E-state index contributed by atoms with van der Waals surface area (Å²) >= 11 is 0. The number of amides is 2. The zero-order valence-electron chi connectivity index (χ0n) is 16.8. The average molecular weight is 371 g/mol. The summed E-state index contributed by atoms with van der Waals surface area (Å²) in [6, 6.07) is 11.3. The van der Waals surface area contributed by atoms with Crippen molar-refractivity contribution in [1.29, 1.82) is 0 Å². The lowest BCUT2D eigenvalue weighted by atomic mass is 10.0. The summed E-state index contributed by atoms with van der Waals surface area (Å²) in [5, 5.41) is 3.14. The van der Waals surface area contributed by atoms with Crippen molar-refractivity contribution >= 4 is 12.1 Å². The van der Waals surface area contributed by atoms with Gasteiger partial charge >= 0.3 is 6.03 Å². The smallest absolute Gasteiger partial charge is 0.317 e. The average Bonchev–Trinajstić information content (AvgIpc) is 3.16. The Morgan fingerprint density at radius 3 is 2.59 bits per heavy atom. The molecule has 2 aliphatic heterocycles. The maximum Gasteiger partial charge on any atom is 0.317 e. The van der Waals surface area contributed by atoms with Crippen LogP contribution in [0, 0.1) is 0 Å². The second kappa shape index (κ2) is 9.90. The van der Waals surface area contributed by atoms with E-state index in [-0.39, 0.29) is 12.1 Å². The Hall–Kier alpha value is -1.85. The van der Waals surface area contributed by atoms with Crippen molar-refractivity contribution < 1.29 is 4.79 Å². The number of hydrogen-bond donors (Lipinski definition) is 1. The Morgan fingerprint density at radius 2 is 1.89 bits per heavy atom. The summed E-state index contributed by atoms with van der Waals surface area (Å²) in [5.41, 5.74) is 1.19. The molecular weight excluding hydrogens is 336 g/mol. The molecule has 2 heterocycles. The van der Waals surface area contributed by atoms with E-state index in [1.165, 1.54) is 18.4 Å². The molecule has 2 saturated heterocycles. The van der Waals surface area contributed by atoms with Gasteiger partial charge in [0.2, 0.25) is 0 Å². The third-order valence-corrected chi connectivity index (χ3v) is 5.86. The van der Waals surface area contributed by atoms with Crippen molar-refractivity contribution in [3.05, 3.63) is 42.0 Å². The first-order valence-corrected chi connectivity index (χ1v) is 10.3. The molecule has 0 saturated carbocycles. The molecule has 0 radical (unpaired) electrons. The molecule has 0 aliphatic carbocycles. The van der Waals surface area contributed by atoms with E-state index in [2.05, 4.69) is 53.5 Å². The van der Waals surface area contributed by atoms with Crippen LogP contribution in [0.15, 0.2) is 36.4 Å². The molecule has 5 heteroatoms. The molecule has 27 heavy (non-hydrogen) atoms.